The van der Waals surface area contributed by atoms with Gasteiger partial charge in [0.1, 0.15) is 0 Å². The zero-order chi connectivity index (χ0) is 13.4. The molecule has 3 rings (SSSR count). The van der Waals surface area contributed by atoms with Crippen molar-refractivity contribution in [2.75, 3.05) is 30.3 Å². The van der Waals surface area contributed by atoms with E-state index < -0.39 is 10.8 Å². The molecule has 1 fully saturated rings. The molecule has 1 aromatic carbocycles. The van der Waals surface area contributed by atoms with Crippen molar-refractivity contribution in [3.05, 3.63) is 23.8 Å². The molecular formula is C12H13N3O2S2. The first-order valence-corrected chi connectivity index (χ1v) is 8.24. The normalized spacial score (nSPS) is 16.9. The number of anilines is 1. The van der Waals surface area contributed by atoms with Crippen molar-refractivity contribution in [3.63, 3.8) is 0 Å². The summed E-state index contributed by atoms with van der Waals surface area (Å²) in [7, 11) is -0.771. The second-order valence-corrected chi connectivity index (χ2v) is 7.13. The largest absolute Gasteiger partial charge is 0.375 e. The highest BCUT2D eigenvalue weighted by Crippen LogP contribution is 2.25. The van der Waals surface area contributed by atoms with Crippen LogP contribution in [0, 0.1) is 0 Å². The SMILES string of the molecule is Nc1nc2ccc(C(=O)N3CCS(=O)CC3)cc2s1. The van der Waals surface area contributed by atoms with Crippen molar-refractivity contribution in [2.45, 2.75) is 0 Å². The van der Waals surface area contributed by atoms with E-state index in [-0.39, 0.29) is 5.91 Å². The Labute approximate surface area is 116 Å². The van der Waals surface area contributed by atoms with Crippen LogP contribution in [-0.4, -0.2) is 44.6 Å². The Kier molecular flexibility index (Phi) is 3.24. The highest BCUT2D eigenvalue weighted by atomic mass is 32.2. The fourth-order valence-electron chi connectivity index (χ4n) is 2.10. The Morgan fingerprint density at radius 2 is 2.11 bits per heavy atom. The molecule has 0 spiro atoms. The number of hydrogen-bond acceptors (Lipinski definition) is 5. The van der Waals surface area contributed by atoms with Gasteiger partial charge in [-0.05, 0) is 18.2 Å². The van der Waals surface area contributed by atoms with Gasteiger partial charge >= 0.3 is 0 Å². The third kappa shape index (κ3) is 2.48. The number of aromatic nitrogens is 1. The number of carbonyl (C=O) groups excluding carboxylic acids is 1. The summed E-state index contributed by atoms with van der Waals surface area (Å²) in [6, 6.07) is 5.42. The lowest BCUT2D eigenvalue weighted by atomic mass is 10.2. The smallest absolute Gasteiger partial charge is 0.253 e. The van der Waals surface area contributed by atoms with E-state index in [1.54, 1.807) is 11.0 Å². The Morgan fingerprint density at radius 1 is 1.37 bits per heavy atom. The minimum Gasteiger partial charge on any atom is -0.375 e. The molecule has 19 heavy (non-hydrogen) atoms. The van der Waals surface area contributed by atoms with E-state index in [0.717, 1.165) is 10.2 Å². The van der Waals surface area contributed by atoms with Crippen LogP contribution in [0.3, 0.4) is 0 Å². The summed E-state index contributed by atoms with van der Waals surface area (Å²) >= 11 is 1.38. The van der Waals surface area contributed by atoms with Gasteiger partial charge in [-0.1, -0.05) is 11.3 Å². The predicted molar refractivity (Wildman–Crippen MR) is 77.8 cm³/mol. The maximum atomic E-state index is 12.3. The predicted octanol–water partition coefficient (Wildman–Crippen LogP) is 1.08. The van der Waals surface area contributed by atoms with Crippen LogP contribution in [0.25, 0.3) is 10.2 Å². The van der Waals surface area contributed by atoms with E-state index in [4.69, 9.17) is 5.73 Å². The molecule has 0 aliphatic carbocycles. The van der Waals surface area contributed by atoms with E-state index in [2.05, 4.69) is 4.98 Å². The number of rotatable bonds is 1. The van der Waals surface area contributed by atoms with Crippen molar-refractivity contribution in [1.29, 1.82) is 0 Å². The molecule has 2 heterocycles. The molecule has 1 saturated heterocycles. The average molecular weight is 295 g/mol. The van der Waals surface area contributed by atoms with E-state index in [1.807, 2.05) is 12.1 Å². The molecule has 2 aromatic rings. The highest BCUT2D eigenvalue weighted by molar-refractivity contribution is 7.85. The molecule has 0 saturated carbocycles. The second-order valence-electron chi connectivity index (χ2n) is 4.37. The summed E-state index contributed by atoms with van der Waals surface area (Å²) < 4.78 is 12.2. The maximum Gasteiger partial charge on any atom is 0.253 e. The van der Waals surface area contributed by atoms with Crippen molar-refractivity contribution in [2.24, 2.45) is 0 Å². The molecule has 0 radical (unpaired) electrons. The Morgan fingerprint density at radius 3 is 2.84 bits per heavy atom. The van der Waals surface area contributed by atoms with Crippen molar-refractivity contribution in [3.8, 4) is 0 Å². The zero-order valence-electron chi connectivity index (χ0n) is 10.2. The summed E-state index contributed by atoms with van der Waals surface area (Å²) in [6.45, 7) is 1.13. The quantitative estimate of drug-likeness (QED) is 0.854. The van der Waals surface area contributed by atoms with Crippen LogP contribution >= 0.6 is 11.3 Å². The molecule has 1 aliphatic heterocycles. The molecule has 1 amide bonds. The molecule has 100 valence electrons. The minimum atomic E-state index is -0.771. The summed E-state index contributed by atoms with van der Waals surface area (Å²) in [5, 5.41) is 0.507. The lowest BCUT2D eigenvalue weighted by molar-refractivity contribution is 0.0771. The number of nitrogens with two attached hydrogens (primary N) is 1. The molecular weight excluding hydrogens is 282 g/mol. The molecule has 0 unspecified atom stereocenters. The number of thiazole rings is 1. The molecule has 0 bridgehead atoms. The first kappa shape index (κ1) is 12.6. The first-order valence-electron chi connectivity index (χ1n) is 5.94. The fraction of sp³-hybridized carbons (Fsp3) is 0.333. The zero-order valence-corrected chi connectivity index (χ0v) is 11.8. The third-order valence-electron chi connectivity index (χ3n) is 3.12. The molecule has 7 heteroatoms. The van der Waals surface area contributed by atoms with Gasteiger partial charge in [0.25, 0.3) is 5.91 Å². The van der Waals surface area contributed by atoms with Crippen molar-refractivity contribution < 1.29 is 9.00 Å². The fourth-order valence-corrected chi connectivity index (χ4v) is 3.92. The number of fused-ring (bicyclic) bond motifs is 1. The van der Waals surface area contributed by atoms with E-state index in [1.165, 1.54) is 11.3 Å². The van der Waals surface area contributed by atoms with Crippen LogP contribution in [0.1, 0.15) is 10.4 Å². The Hall–Kier alpha value is -1.47. The number of nitrogen functional groups attached to an aromatic ring is 1. The van der Waals surface area contributed by atoms with Gasteiger partial charge < -0.3 is 10.6 Å². The highest BCUT2D eigenvalue weighted by Gasteiger charge is 2.21. The van der Waals surface area contributed by atoms with Crippen LogP contribution in [-0.2, 0) is 10.8 Å². The second kappa shape index (κ2) is 4.90. The molecule has 1 aromatic heterocycles. The molecule has 2 N–H and O–H groups in total. The topological polar surface area (TPSA) is 76.3 Å². The lowest BCUT2D eigenvalue weighted by Gasteiger charge is -2.26. The molecule has 5 nitrogen and oxygen atoms in total. The number of amides is 1. The van der Waals surface area contributed by atoms with Crippen LogP contribution < -0.4 is 5.73 Å². The van der Waals surface area contributed by atoms with Crippen molar-refractivity contribution in [1.82, 2.24) is 9.88 Å². The van der Waals surface area contributed by atoms with Gasteiger partial charge in [-0.2, -0.15) is 0 Å². The van der Waals surface area contributed by atoms with Gasteiger partial charge in [0.2, 0.25) is 0 Å². The Bertz CT molecular complexity index is 658. The van der Waals surface area contributed by atoms with Gasteiger partial charge in [0.15, 0.2) is 5.13 Å². The van der Waals surface area contributed by atoms with E-state index in [0.29, 0.717) is 35.3 Å². The van der Waals surface area contributed by atoms with E-state index in [9.17, 15) is 9.00 Å². The monoisotopic (exact) mass is 295 g/mol. The standard InChI is InChI=1S/C12H13N3O2S2/c13-12-14-9-2-1-8(7-10(9)18-12)11(16)15-3-5-19(17)6-4-15/h1-2,7H,3-6H2,(H2,13,14). The average Bonchev–Trinajstić information content (AvgIpc) is 2.77. The number of benzene rings is 1. The summed E-state index contributed by atoms with van der Waals surface area (Å²) in [5.74, 6) is 1.13. The van der Waals surface area contributed by atoms with Crippen LogP contribution in [0.2, 0.25) is 0 Å². The summed E-state index contributed by atoms with van der Waals surface area (Å²) in [4.78, 5) is 18.3. The molecule has 0 atom stereocenters. The van der Waals surface area contributed by atoms with Gasteiger partial charge in [0.05, 0.1) is 10.2 Å². The van der Waals surface area contributed by atoms with Crippen LogP contribution in [0.4, 0.5) is 5.13 Å². The van der Waals surface area contributed by atoms with Crippen molar-refractivity contribution >= 4 is 43.4 Å². The van der Waals surface area contributed by atoms with Gasteiger partial charge in [0, 0.05) is 41.0 Å². The number of hydrogen-bond donors (Lipinski definition) is 1. The van der Waals surface area contributed by atoms with Gasteiger partial charge in [-0.3, -0.25) is 9.00 Å². The summed E-state index contributed by atoms with van der Waals surface area (Å²) in [6.07, 6.45) is 0. The van der Waals surface area contributed by atoms with E-state index >= 15 is 0 Å². The minimum absolute atomic E-state index is 0.00873. The Balaban J connectivity index is 1.86. The maximum absolute atomic E-state index is 12.3. The van der Waals surface area contributed by atoms with Gasteiger partial charge in [-0.25, -0.2) is 4.98 Å². The number of carbonyl (C=O) groups is 1. The summed E-state index contributed by atoms with van der Waals surface area (Å²) in [5.41, 5.74) is 7.11. The number of nitrogens with zero attached hydrogens (tertiary/aromatic N) is 2. The van der Waals surface area contributed by atoms with Crippen LogP contribution in [0.5, 0.6) is 0 Å². The van der Waals surface area contributed by atoms with Gasteiger partial charge in [-0.15, -0.1) is 0 Å². The molecule has 1 aliphatic rings. The first-order chi connectivity index (χ1) is 9.13. The third-order valence-corrected chi connectivity index (χ3v) is 5.24. The van der Waals surface area contributed by atoms with Crippen LogP contribution in [0.15, 0.2) is 18.2 Å². The lowest BCUT2D eigenvalue weighted by Crippen LogP contribution is -2.41.